The van der Waals surface area contributed by atoms with Gasteiger partial charge in [-0.05, 0) is 36.4 Å². The maximum absolute atomic E-state index is 13.4. The molecule has 0 spiro atoms. The molecule has 0 amide bonds. The first kappa shape index (κ1) is 21.5. The van der Waals surface area contributed by atoms with Gasteiger partial charge in [-0.2, -0.15) is 4.31 Å². The second-order valence-electron chi connectivity index (χ2n) is 7.99. The van der Waals surface area contributed by atoms with Gasteiger partial charge in [0, 0.05) is 28.4 Å². The zero-order chi connectivity index (χ0) is 22.8. The second kappa shape index (κ2) is 8.86. The Morgan fingerprint density at radius 1 is 0.818 bits per heavy atom. The molecule has 1 N–H and O–H groups in total. The lowest BCUT2D eigenvalue weighted by atomic mass is 10.2. The first-order valence-electron chi connectivity index (χ1n) is 10.8. The van der Waals surface area contributed by atoms with Crippen LogP contribution in [0.15, 0.2) is 107 Å². The van der Waals surface area contributed by atoms with E-state index < -0.39 is 16.1 Å². The molecule has 0 saturated carbocycles. The molecule has 0 aliphatic heterocycles. The van der Waals surface area contributed by atoms with Crippen LogP contribution in [0.2, 0.25) is 0 Å². The van der Waals surface area contributed by atoms with Crippen molar-refractivity contribution < 1.29 is 17.9 Å². The molecule has 1 unspecified atom stereocenters. The minimum Gasteiger partial charge on any atom is -0.468 e. The van der Waals surface area contributed by atoms with Gasteiger partial charge in [-0.3, -0.25) is 0 Å². The highest BCUT2D eigenvalue weighted by Gasteiger charge is 2.28. The molecule has 0 fully saturated rings. The topological polar surface area (TPSA) is 75.7 Å². The number of benzene rings is 3. The van der Waals surface area contributed by atoms with Crippen LogP contribution in [-0.4, -0.2) is 35.0 Å². The van der Waals surface area contributed by atoms with Crippen molar-refractivity contribution in [2.75, 3.05) is 6.54 Å². The van der Waals surface area contributed by atoms with Gasteiger partial charge in [-0.15, -0.1) is 0 Å². The van der Waals surface area contributed by atoms with Crippen LogP contribution in [0.5, 0.6) is 0 Å². The summed E-state index contributed by atoms with van der Waals surface area (Å²) in [5.41, 5.74) is 2.00. The molecule has 7 heteroatoms. The molecule has 0 saturated heterocycles. The molecule has 0 aliphatic rings. The SMILES string of the molecule is O=S(=O)(c1ccccc1)N(Cc1ccco1)CC(O)Cn1c2ccccc2c2ccccc21. The summed E-state index contributed by atoms with van der Waals surface area (Å²) < 4.78 is 35.5. The first-order chi connectivity index (χ1) is 16.0. The number of rotatable bonds is 8. The van der Waals surface area contributed by atoms with Crippen LogP contribution in [0, 0.1) is 0 Å². The summed E-state index contributed by atoms with van der Waals surface area (Å²) >= 11 is 0. The zero-order valence-electron chi connectivity index (χ0n) is 17.9. The smallest absolute Gasteiger partial charge is 0.243 e. The molecular formula is C26H24N2O4S. The molecular weight excluding hydrogens is 436 g/mol. The van der Waals surface area contributed by atoms with Crippen molar-refractivity contribution in [2.24, 2.45) is 0 Å². The van der Waals surface area contributed by atoms with Gasteiger partial charge in [0.1, 0.15) is 5.76 Å². The summed E-state index contributed by atoms with van der Waals surface area (Å²) in [6, 6.07) is 27.8. The van der Waals surface area contributed by atoms with Gasteiger partial charge in [-0.1, -0.05) is 54.6 Å². The highest BCUT2D eigenvalue weighted by atomic mass is 32.2. The molecule has 5 aromatic rings. The second-order valence-corrected chi connectivity index (χ2v) is 9.93. The van der Waals surface area contributed by atoms with Crippen molar-refractivity contribution in [3.05, 3.63) is 103 Å². The van der Waals surface area contributed by atoms with Gasteiger partial charge in [0.25, 0.3) is 0 Å². The number of nitrogens with zero attached hydrogens (tertiary/aromatic N) is 2. The molecule has 0 aliphatic carbocycles. The molecule has 2 aromatic heterocycles. The van der Waals surface area contributed by atoms with Crippen molar-refractivity contribution >= 4 is 31.8 Å². The number of furan rings is 1. The summed E-state index contributed by atoms with van der Waals surface area (Å²) in [5.74, 6) is 0.513. The van der Waals surface area contributed by atoms with Crippen molar-refractivity contribution in [2.45, 2.75) is 24.1 Å². The van der Waals surface area contributed by atoms with Crippen molar-refractivity contribution in [1.82, 2.24) is 8.87 Å². The fourth-order valence-electron chi connectivity index (χ4n) is 4.27. The summed E-state index contributed by atoms with van der Waals surface area (Å²) in [4.78, 5) is 0.181. The third-order valence-corrected chi connectivity index (χ3v) is 7.61. The highest BCUT2D eigenvalue weighted by Crippen LogP contribution is 2.29. The lowest BCUT2D eigenvalue weighted by Gasteiger charge is -2.24. The number of sulfonamides is 1. The van der Waals surface area contributed by atoms with E-state index in [1.807, 2.05) is 36.4 Å². The summed E-state index contributed by atoms with van der Waals surface area (Å²) in [7, 11) is -3.83. The molecule has 3 aromatic carbocycles. The van der Waals surface area contributed by atoms with Crippen molar-refractivity contribution in [3.63, 3.8) is 0 Å². The number of aliphatic hydroxyl groups is 1. The van der Waals surface area contributed by atoms with E-state index in [0.717, 1.165) is 21.8 Å². The summed E-state index contributed by atoms with van der Waals surface area (Å²) in [5, 5.41) is 13.3. The van der Waals surface area contributed by atoms with Crippen LogP contribution in [0.1, 0.15) is 5.76 Å². The zero-order valence-corrected chi connectivity index (χ0v) is 18.7. The minimum absolute atomic E-state index is 0.0362. The number of hydrogen-bond acceptors (Lipinski definition) is 4. The number of aromatic nitrogens is 1. The average molecular weight is 461 g/mol. The van der Waals surface area contributed by atoms with E-state index in [0.29, 0.717) is 5.76 Å². The van der Waals surface area contributed by atoms with Crippen LogP contribution in [0.4, 0.5) is 0 Å². The van der Waals surface area contributed by atoms with E-state index in [1.165, 1.54) is 10.6 Å². The van der Waals surface area contributed by atoms with E-state index in [9.17, 15) is 13.5 Å². The van der Waals surface area contributed by atoms with Crippen molar-refractivity contribution in [3.8, 4) is 0 Å². The van der Waals surface area contributed by atoms with Crippen LogP contribution < -0.4 is 0 Å². The lowest BCUT2D eigenvalue weighted by molar-refractivity contribution is 0.126. The van der Waals surface area contributed by atoms with Crippen LogP contribution in [0.25, 0.3) is 21.8 Å². The van der Waals surface area contributed by atoms with Gasteiger partial charge in [-0.25, -0.2) is 8.42 Å². The van der Waals surface area contributed by atoms with E-state index in [1.54, 1.807) is 42.5 Å². The van der Waals surface area contributed by atoms with Gasteiger partial charge in [0.2, 0.25) is 10.0 Å². The average Bonchev–Trinajstić information content (AvgIpc) is 3.46. The van der Waals surface area contributed by atoms with Crippen LogP contribution in [0.3, 0.4) is 0 Å². The number of aliphatic hydroxyl groups excluding tert-OH is 1. The summed E-state index contributed by atoms with van der Waals surface area (Å²) in [6.07, 6.45) is 0.578. The monoisotopic (exact) mass is 460 g/mol. The Morgan fingerprint density at radius 3 is 2.03 bits per heavy atom. The number of hydrogen-bond donors (Lipinski definition) is 1. The van der Waals surface area contributed by atoms with E-state index in [2.05, 4.69) is 16.7 Å². The fraction of sp³-hybridized carbons (Fsp3) is 0.154. The summed E-state index contributed by atoms with van der Waals surface area (Å²) in [6.45, 7) is 0.222. The van der Waals surface area contributed by atoms with Gasteiger partial charge in [0.05, 0.1) is 30.4 Å². The molecule has 2 heterocycles. The maximum atomic E-state index is 13.4. The predicted molar refractivity (Wildman–Crippen MR) is 128 cm³/mol. The minimum atomic E-state index is -3.83. The highest BCUT2D eigenvalue weighted by molar-refractivity contribution is 7.89. The lowest BCUT2D eigenvalue weighted by Crippen LogP contribution is -2.38. The maximum Gasteiger partial charge on any atom is 0.243 e. The third-order valence-electron chi connectivity index (χ3n) is 5.78. The van der Waals surface area contributed by atoms with Crippen LogP contribution in [-0.2, 0) is 23.1 Å². The van der Waals surface area contributed by atoms with Gasteiger partial charge < -0.3 is 14.1 Å². The van der Waals surface area contributed by atoms with E-state index >= 15 is 0 Å². The number of fused-ring (bicyclic) bond motifs is 3. The quantitative estimate of drug-likeness (QED) is 0.366. The molecule has 168 valence electrons. The molecule has 1 atom stereocenters. The molecule has 0 bridgehead atoms. The van der Waals surface area contributed by atoms with Gasteiger partial charge in [0.15, 0.2) is 0 Å². The Hall–Kier alpha value is -3.39. The third kappa shape index (κ3) is 4.18. The Balaban J connectivity index is 1.48. The predicted octanol–water partition coefficient (Wildman–Crippen LogP) is 4.64. The Morgan fingerprint density at radius 2 is 1.42 bits per heavy atom. The van der Waals surface area contributed by atoms with Crippen LogP contribution >= 0.6 is 0 Å². The molecule has 6 nitrogen and oxygen atoms in total. The molecule has 33 heavy (non-hydrogen) atoms. The normalized spacial score (nSPS) is 13.2. The van der Waals surface area contributed by atoms with E-state index in [-0.39, 0.29) is 24.5 Å². The Labute approximate surface area is 192 Å². The fourth-order valence-corrected chi connectivity index (χ4v) is 5.73. The standard InChI is InChI=1S/C26H24N2O4S/c29-20(18-28-25-14-6-4-12-23(25)24-13-5-7-15-26(24)28)17-27(19-21-9-8-16-32-21)33(30,31)22-10-2-1-3-11-22/h1-16,20,29H,17-19H2. The Kier molecular flexibility index (Phi) is 5.76. The van der Waals surface area contributed by atoms with Crippen molar-refractivity contribution in [1.29, 1.82) is 0 Å². The van der Waals surface area contributed by atoms with Gasteiger partial charge >= 0.3 is 0 Å². The van der Waals surface area contributed by atoms with E-state index in [4.69, 9.17) is 4.42 Å². The molecule has 5 rings (SSSR count). The first-order valence-corrected chi connectivity index (χ1v) is 12.2. The number of para-hydroxylation sites is 2. The Bertz CT molecular complexity index is 1420. The largest absolute Gasteiger partial charge is 0.468 e. The molecule has 0 radical (unpaired) electrons.